The van der Waals surface area contributed by atoms with Crippen molar-refractivity contribution in [1.82, 2.24) is 4.72 Å². The van der Waals surface area contributed by atoms with E-state index in [1.807, 2.05) is 6.92 Å². The number of aromatic hydroxyl groups is 1. The van der Waals surface area contributed by atoms with Crippen LogP contribution < -0.4 is 4.72 Å². The molecule has 0 amide bonds. The van der Waals surface area contributed by atoms with Gasteiger partial charge in [0.15, 0.2) is 5.78 Å². The van der Waals surface area contributed by atoms with Gasteiger partial charge in [-0.05, 0) is 48.0 Å². The summed E-state index contributed by atoms with van der Waals surface area (Å²) in [6.07, 6.45) is 0. The highest BCUT2D eigenvalue weighted by atomic mass is 79.9. The first-order chi connectivity index (χ1) is 11.6. The van der Waals surface area contributed by atoms with E-state index in [1.165, 1.54) is 25.1 Å². The van der Waals surface area contributed by atoms with Gasteiger partial charge in [-0.2, -0.15) is 4.72 Å². The molecule has 0 radical (unpaired) electrons. The molecule has 0 saturated carbocycles. The Hall–Kier alpha value is -1.96. The Morgan fingerprint density at radius 3 is 2.36 bits per heavy atom. The monoisotopic (exact) mass is 423 g/mol. The minimum absolute atomic E-state index is 0.0316. The van der Waals surface area contributed by atoms with E-state index in [1.54, 1.807) is 24.3 Å². The zero-order valence-corrected chi connectivity index (χ0v) is 16.2. The second-order valence-corrected chi connectivity index (χ2v) is 8.19. The van der Waals surface area contributed by atoms with Gasteiger partial charge in [0.2, 0.25) is 10.0 Å². The van der Waals surface area contributed by atoms with E-state index in [0.29, 0.717) is 4.47 Å². The van der Waals surface area contributed by atoms with Crippen molar-refractivity contribution in [3.8, 4) is 5.75 Å². The van der Waals surface area contributed by atoms with Crippen molar-refractivity contribution in [1.29, 1.82) is 0 Å². The van der Waals surface area contributed by atoms with Crippen LogP contribution in [0.2, 0.25) is 0 Å². The fraction of sp³-hybridized carbons (Fsp3) is 0.167. The van der Waals surface area contributed by atoms with Gasteiger partial charge >= 0.3 is 0 Å². The summed E-state index contributed by atoms with van der Waals surface area (Å²) in [6, 6.07) is 10.0. The molecule has 1 atom stereocenters. The molecular formula is C18H18BrNO4S. The van der Waals surface area contributed by atoms with Crippen molar-refractivity contribution in [2.75, 3.05) is 0 Å². The van der Waals surface area contributed by atoms with Crippen LogP contribution in [-0.2, 0) is 14.8 Å². The second-order valence-electron chi connectivity index (χ2n) is 5.63. The normalized spacial score (nSPS) is 12.6. The maximum absolute atomic E-state index is 12.7. The van der Waals surface area contributed by atoms with E-state index in [-0.39, 0.29) is 27.6 Å². The van der Waals surface area contributed by atoms with Crippen LogP contribution in [0, 0.1) is 6.92 Å². The number of carbonyl (C=O) groups is 1. The molecule has 2 N–H and O–H groups in total. The van der Waals surface area contributed by atoms with Gasteiger partial charge in [0.05, 0.1) is 15.4 Å². The number of phenolic OH excluding ortho intramolecular Hbond substituents is 1. The summed E-state index contributed by atoms with van der Waals surface area (Å²) < 4.78 is 28.2. The molecule has 25 heavy (non-hydrogen) atoms. The molecule has 0 bridgehead atoms. The number of Topliss-reactive ketones (excluding diaryl/α,β-unsaturated/α-hetero) is 1. The van der Waals surface area contributed by atoms with Crippen LogP contribution in [0.25, 0.3) is 0 Å². The van der Waals surface area contributed by atoms with Gasteiger partial charge in [0.25, 0.3) is 0 Å². The molecule has 0 fully saturated rings. The first kappa shape index (κ1) is 19.4. The van der Waals surface area contributed by atoms with Gasteiger partial charge in [0, 0.05) is 11.1 Å². The molecule has 5 nitrogen and oxygen atoms in total. The van der Waals surface area contributed by atoms with Crippen LogP contribution >= 0.6 is 15.9 Å². The van der Waals surface area contributed by atoms with E-state index in [4.69, 9.17) is 0 Å². The summed E-state index contributed by atoms with van der Waals surface area (Å²) >= 11 is 3.19. The smallest absolute Gasteiger partial charge is 0.241 e. The highest BCUT2D eigenvalue weighted by Crippen LogP contribution is 2.35. The number of phenols is 1. The molecular weight excluding hydrogens is 406 g/mol. The second kappa shape index (κ2) is 7.51. The average Bonchev–Trinajstić information content (AvgIpc) is 2.55. The number of hydrogen-bond donors (Lipinski definition) is 2. The van der Waals surface area contributed by atoms with Crippen molar-refractivity contribution >= 4 is 31.7 Å². The molecule has 2 rings (SSSR count). The number of para-hydroxylation sites is 1. The van der Waals surface area contributed by atoms with Crippen LogP contribution in [0.4, 0.5) is 0 Å². The molecule has 0 aliphatic heterocycles. The van der Waals surface area contributed by atoms with Crippen LogP contribution in [0.1, 0.15) is 24.1 Å². The number of benzene rings is 2. The Morgan fingerprint density at radius 2 is 1.80 bits per heavy atom. The van der Waals surface area contributed by atoms with Gasteiger partial charge in [-0.3, -0.25) is 4.79 Å². The molecule has 0 heterocycles. The Morgan fingerprint density at radius 1 is 1.20 bits per heavy atom. The molecule has 0 unspecified atom stereocenters. The van der Waals surface area contributed by atoms with Gasteiger partial charge in [-0.25, -0.2) is 8.42 Å². The maximum atomic E-state index is 12.7. The van der Waals surface area contributed by atoms with E-state index in [2.05, 4.69) is 27.2 Å². The minimum atomic E-state index is -3.92. The predicted molar refractivity (Wildman–Crippen MR) is 99.9 cm³/mol. The summed E-state index contributed by atoms with van der Waals surface area (Å²) in [7, 11) is -3.92. The van der Waals surface area contributed by atoms with Crippen LogP contribution in [0.15, 0.2) is 64.0 Å². The zero-order valence-electron chi connectivity index (χ0n) is 13.8. The largest absolute Gasteiger partial charge is 0.506 e. The molecule has 2 aromatic carbocycles. The summed E-state index contributed by atoms with van der Waals surface area (Å²) in [6.45, 7) is 6.84. The molecule has 132 valence electrons. The topological polar surface area (TPSA) is 83.5 Å². The Bertz CT molecular complexity index is 921. The third kappa shape index (κ3) is 4.36. The lowest BCUT2D eigenvalue weighted by Gasteiger charge is -2.21. The molecule has 0 spiro atoms. The first-order valence-electron chi connectivity index (χ1n) is 7.39. The maximum Gasteiger partial charge on any atom is 0.241 e. The lowest BCUT2D eigenvalue weighted by molar-refractivity contribution is -0.113. The fourth-order valence-corrected chi connectivity index (χ4v) is 3.82. The average molecular weight is 424 g/mol. The predicted octanol–water partition coefficient (Wildman–Crippen LogP) is 3.63. The molecule has 2 aromatic rings. The molecule has 0 aromatic heterocycles. The van der Waals surface area contributed by atoms with Gasteiger partial charge in [-0.15, -0.1) is 0 Å². The highest BCUT2D eigenvalue weighted by molar-refractivity contribution is 9.10. The van der Waals surface area contributed by atoms with E-state index in [9.17, 15) is 18.3 Å². The first-order valence-corrected chi connectivity index (χ1v) is 9.67. The summed E-state index contributed by atoms with van der Waals surface area (Å²) in [5.74, 6) is -0.530. The number of halogens is 1. The van der Waals surface area contributed by atoms with E-state index >= 15 is 0 Å². The number of nitrogens with one attached hydrogen (secondary N) is 1. The van der Waals surface area contributed by atoms with E-state index in [0.717, 1.165) is 5.56 Å². The Labute approximate surface area is 155 Å². The number of sulfonamides is 1. The van der Waals surface area contributed by atoms with Crippen molar-refractivity contribution in [3.63, 3.8) is 0 Å². The van der Waals surface area contributed by atoms with Crippen LogP contribution in [0.5, 0.6) is 5.75 Å². The lowest BCUT2D eigenvalue weighted by atomic mass is 9.97. The standard InChI is InChI=1S/C18H18BrNO4S/c1-11-7-9-14(10-8-11)25(23,24)20-17(12(2)13(3)21)15-5-4-6-16(19)18(15)22/h4-10,17,20,22H,2H2,1,3H3/t17-/m1/s1. The van der Waals surface area contributed by atoms with Gasteiger partial charge < -0.3 is 5.11 Å². The summed E-state index contributed by atoms with van der Waals surface area (Å²) in [5.41, 5.74) is 1.20. The molecule has 0 aliphatic rings. The highest BCUT2D eigenvalue weighted by Gasteiger charge is 2.28. The van der Waals surface area contributed by atoms with Crippen molar-refractivity contribution in [3.05, 3.63) is 70.2 Å². The Balaban J connectivity index is 2.50. The molecule has 0 saturated heterocycles. The number of aryl methyl sites for hydroxylation is 1. The van der Waals surface area contributed by atoms with Crippen molar-refractivity contribution in [2.24, 2.45) is 0 Å². The number of carbonyl (C=O) groups excluding carboxylic acids is 1. The van der Waals surface area contributed by atoms with Crippen LogP contribution in [-0.4, -0.2) is 19.3 Å². The van der Waals surface area contributed by atoms with Gasteiger partial charge in [0.1, 0.15) is 5.75 Å². The van der Waals surface area contributed by atoms with Crippen molar-refractivity contribution in [2.45, 2.75) is 24.8 Å². The zero-order chi connectivity index (χ0) is 18.8. The summed E-state index contributed by atoms with van der Waals surface area (Å²) in [5, 5.41) is 10.3. The summed E-state index contributed by atoms with van der Waals surface area (Å²) in [4.78, 5) is 11.9. The minimum Gasteiger partial charge on any atom is -0.506 e. The fourth-order valence-electron chi connectivity index (χ4n) is 2.23. The van der Waals surface area contributed by atoms with E-state index < -0.39 is 16.1 Å². The quantitative estimate of drug-likeness (QED) is 0.694. The SMILES string of the molecule is C=C(C(C)=O)[C@@H](NS(=O)(=O)c1ccc(C)cc1)c1cccc(Br)c1O. The van der Waals surface area contributed by atoms with Crippen molar-refractivity contribution < 1.29 is 18.3 Å². The lowest BCUT2D eigenvalue weighted by Crippen LogP contribution is -2.31. The molecule has 7 heteroatoms. The third-order valence-corrected chi connectivity index (χ3v) is 5.81. The number of rotatable bonds is 6. The Kier molecular flexibility index (Phi) is 5.82. The van der Waals surface area contributed by atoms with Crippen LogP contribution in [0.3, 0.4) is 0 Å². The number of ketones is 1. The number of hydrogen-bond acceptors (Lipinski definition) is 4. The van der Waals surface area contributed by atoms with Gasteiger partial charge in [-0.1, -0.05) is 36.4 Å². The third-order valence-electron chi connectivity index (χ3n) is 3.73. The molecule has 0 aliphatic carbocycles.